The summed E-state index contributed by atoms with van der Waals surface area (Å²) in [5, 5.41) is 10.7. The van der Waals surface area contributed by atoms with Gasteiger partial charge >= 0.3 is 0 Å². The van der Waals surface area contributed by atoms with E-state index in [0.717, 1.165) is 23.2 Å². The molecule has 1 fully saturated rings. The summed E-state index contributed by atoms with van der Waals surface area (Å²) in [5.41, 5.74) is 1.95. The number of imidazole rings is 1. The molecule has 0 unspecified atom stereocenters. The number of hydrogen-bond donors (Lipinski definition) is 2. The van der Waals surface area contributed by atoms with E-state index in [0.29, 0.717) is 31.5 Å². The van der Waals surface area contributed by atoms with Crippen LogP contribution < -0.4 is 4.72 Å². The number of nitrogens with one attached hydrogen (secondary N) is 2. The Kier molecular flexibility index (Phi) is 5.22. The van der Waals surface area contributed by atoms with Gasteiger partial charge in [0.25, 0.3) is 11.6 Å². The van der Waals surface area contributed by atoms with Crippen molar-refractivity contribution in [1.82, 2.24) is 19.6 Å². The number of carbonyl (C=O) groups is 1. The van der Waals surface area contributed by atoms with Gasteiger partial charge in [-0.2, -0.15) is 0 Å². The van der Waals surface area contributed by atoms with Crippen LogP contribution >= 0.6 is 0 Å². The second kappa shape index (κ2) is 7.84. The summed E-state index contributed by atoms with van der Waals surface area (Å²) in [4.78, 5) is 31.7. The van der Waals surface area contributed by atoms with Crippen LogP contribution in [-0.2, 0) is 10.0 Å². The van der Waals surface area contributed by atoms with Gasteiger partial charge in [0, 0.05) is 36.8 Å². The van der Waals surface area contributed by atoms with Crippen LogP contribution in [0.4, 0.5) is 5.69 Å². The average Bonchev–Trinajstić information content (AvgIpc) is 3.21. The molecule has 0 aliphatic carbocycles. The third kappa shape index (κ3) is 4.02. The highest BCUT2D eigenvalue weighted by molar-refractivity contribution is 7.89. The first-order chi connectivity index (χ1) is 14.3. The Morgan fingerprint density at radius 2 is 1.87 bits per heavy atom. The van der Waals surface area contributed by atoms with Gasteiger partial charge in [0.05, 0.1) is 27.2 Å². The van der Waals surface area contributed by atoms with Crippen LogP contribution in [-0.4, -0.2) is 53.2 Å². The molecule has 1 amide bonds. The van der Waals surface area contributed by atoms with Gasteiger partial charge in [-0.1, -0.05) is 0 Å². The lowest BCUT2D eigenvalue weighted by molar-refractivity contribution is -0.384. The van der Waals surface area contributed by atoms with Gasteiger partial charge < -0.3 is 9.88 Å². The number of nitrogens with zero attached hydrogens (tertiary/aromatic N) is 3. The SMILES string of the molecule is O=C(c1ccc2nc[nH]c2c1)N1CCC(NS(=O)(=O)c2ccc([N+](=O)[O-])cc2)CC1. The molecular formula is C19H19N5O5S. The fourth-order valence-electron chi connectivity index (χ4n) is 3.49. The molecule has 2 heterocycles. The van der Waals surface area contributed by atoms with Crippen molar-refractivity contribution >= 4 is 32.7 Å². The number of piperidine rings is 1. The molecule has 1 aliphatic rings. The van der Waals surface area contributed by atoms with Crippen molar-refractivity contribution in [3.05, 3.63) is 64.5 Å². The molecule has 1 aromatic heterocycles. The Hall–Kier alpha value is -3.31. The van der Waals surface area contributed by atoms with Crippen LogP contribution in [0.5, 0.6) is 0 Å². The molecule has 0 spiro atoms. The maximum atomic E-state index is 12.8. The number of nitro benzene ring substituents is 1. The van der Waals surface area contributed by atoms with Crippen molar-refractivity contribution in [2.24, 2.45) is 0 Å². The lowest BCUT2D eigenvalue weighted by atomic mass is 10.0. The quantitative estimate of drug-likeness (QED) is 0.470. The molecule has 2 N–H and O–H groups in total. The molecular weight excluding hydrogens is 410 g/mol. The Morgan fingerprint density at radius 1 is 1.17 bits per heavy atom. The molecule has 0 radical (unpaired) electrons. The van der Waals surface area contributed by atoms with Gasteiger partial charge in [0.15, 0.2) is 0 Å². The molecule has 0 bridgehead atoms. The van der Waals surface area contributed by atoms with E-state index in [4.69, 9.17) is 0 Å². The second-order valence-corrected chi connectivity index (χ2v) is 8.79. The molecule has 4 rings (SSSR count). The predicted octanol–water partition coefficient (Wildman–Crippen LogP) is 2.05. The van der Waals surface area contributed by atoms with Crippen LogP contribution in [0, 0.1) is 10.1 Å². The number of aromatic nitrogens is 2. The average molecular weight is 429 g/mol. The minimum atomic E-state index is -3.80. The van der Waals surface area contributed by atoms with Crippen LogP contribution in [0.15, 0.2) is 53.7 Å². The lowest BCUT2D eigenvalue weighted by Gasteiger charge is -2.32. The Bertz CT molecular complexity index is 1200. The number of non-ortho nitro benzene ring substituents is 1. The number of nitro groups is 1. The van der Waals surface area contributed by atoms with Gasteiger partial charge in [0.1, 0.15) is 0 Å². The molecule has 0 atom stereocenters. The highest BCUT2D eigenvalue weighted by Crippen LogP contribution is 2.20. The number of aromatic amines is 1. The summed E-state index contributed by atoms with van der Waals surface area (Å²) in [6.45, 7) is 0.848. The second-order valence-electron chi connectivity index (χ2n) is 7.07. The van der Waals surface area contributed by atoms with Crippen molar-refractivity contribution in [3.63, 3.8) is 0 Å². The summed E-state index contributed by atoms with van der Waals surface area (Å²) >= 11 is 0. The molecule has 10 nitrogen and oxygen atoms in total. The van der Waals surface area contributed by atoms with Gasteiger partial charge in [-0.05, 0) is 43.2 Å². The number of H-pyrrole nitrogens is 1. The van der Waals surface area contributed by atoms with E-state index in [1.165, 1.54) is 12.1 Å². The van der Waals surface area contributed by atoms with E-state index in [1.54, 1.807) is 29.4 Å². The highest BCUT2D eigenvalue weighted by Gasteiger charge is 2.27. The van der Waals surface area contributed by atoms with Gasteiger partial charge in [-0.25, -0.2) is 18.1 Å². The number of fused-ring (bicyclic) bond motifs is 1. The zero-order chi connectivity index (χ0) is 21.3. The Labute approximate surface area is 172 Å². The van der Waals surface area contributed by atoms with E-state index in [1.807, 2.05) is 0 Å². The minimum absolute atomic E-state index is 0.0283. The van der Waals surface area contributed by atoms with Crippen molar-refractivity contribution in [1.29, 1.82) is 0 Å². The largest absolute Gasteiger partial charge is 0.345 e. The van der Waals surface area contributed by atoms with E-state index < -0.39 is 14.9 Å². The molecule has 11 heteroatoms. The summed E-state index contributed by atoms with van der Waals surface area (Å²) in [5.74, 6) is -0.108. The number of carbonyl (C=O) groups excluding carboxylic acids is 1. The molecule has 156 valence electrons. The number of benzene rings is 2. The molecule has 2 aromatic carbocycles. The van der Waals surface area contributed by atoms with Crippen molar-refractivity contribution < 1.29 is 18.1 Å². The van der Waals surface area contributed by atoms with Crippen LogP contribution in [0.25, 0.3) is 11.0 Å². The van der Waals surface area contributed by atoms with E-state index in [2.05, 4.69) is 14.7 Å². The number of hydrogen-bond acceptors (Lipinski definition) is 6. The van der Waals surface area contributed by atoms with Crippen molar-refractivity contribution in [2.75, 3.05) is 13.1 Å². The number of amides is 1. The van der Waals surface area contributed by atoms with Crippen LogP contribution in [0.1, 0.15) is 23.2 Å². The smallest absolute Gasteiger partial charge is 0.269 e. The van der Waals surface area contributed by atoms with Crippen molar-refractivity contribution in [2.45, 2.75) is 23.8 Å². The summed E-state index contributed by atoms with van der Waals surface area (Å²) in [6, 6.07) is 9.70. The van der Waals surface area contributed by atoms with E-state index in [9.17, 15) is 23.3 Å². The van der Waals surface area contributed by atoms with E-state index in [-0.39, 0.29) is 22.5 Å². The van der Waals surface area contributed by atoms with Crippen LogP contribution in [0.2, 0.25) is 0 Å². The van der Waals surface area contributed by atoms with Crippen LogP contribution in [0.3, 0.4) is 0 Å². The molecule has 1 aliphatic heterocycles. The topological polar surface area (TPSA) is 138 Å². The summed E-state index contributed by atoms with van der Waals surface area (Å²) in [6.07, 6.45) is 2.52. The van der Waals surface area contributed by atoms with Gasteiger partial charge in [0.2, 0.25) is 10.0 Å². The molecule has 0 saturated carbocycles. The molecule has 3 aromatic rings. The third-order valence-corrected chi connectivity index (χ3v) is 6.67. The van der Waals surface area contributed by atoms with E-state index >= 15 is 0 Å². The zero-order valence-electron chi connectivity index (χ0n) is 15.8. The Morgan fingerprint density at radius 3 is 2.53 bits per heavy atom. The molecule has 1 saturated heterocycles. The zero-order valence-corrected chi connectivity index (χ0v) is 16.6. The van der Waals surface area contributed by atoms with Gasteiger partial charge in [-0.15, -0.1) is 0 Å². The lowest BCUT2D eigenvalue weighted by Crippen LogP contribution is -2.46. The monoisotopic (exact) mass is 429 g/mol. The third-order valence-electron chi connectivity index (χ3n) is 5.13. The van der Waals surface area contributed by atoms with Gasteiger partial charge in [-0.3, -0.25) is 14.9 Å². The first kappa shape index (κ1) is 20.0. The summed E-state index contributed by atoms with van der Waals surface area (Å²) in [7, 11) is -3.80. The fourth-order valence-corrected chi connectivity index (χ4v) is 4.79. The fraction of sp³-hybridized carbons (Fsp3) is 0.263. The normalized spacial score (nSPS) is 15.4. The number of likely N-dealkylation sites (tertiary alicyclic amines) is 1. The first-order valence-electron chi connectivity index (χ1n) is 9.33. The summed E-state index contributed by atoms with van der Waals surface area (Å²) < 4.78 is 27.7. The molecule has 30 heavy (non-hydrogen) atoms. The number of rotatable bonds is 5. The highest BCUT2D eigenvalue weighted by atomic mass is 32.2. The number of sulfonamides is 1. The Balaban J connectivity index is 1.37. The standard InChI is InChI=1S/C19H19N5O5S/c25-19(13-1-6-17-18(11-13)21-12-20-17)23-9-7-14(8-10-23)22-30(28,29)16-4-2-15(3-5-16)24(26)27/h1-6,11-12,14,22H,7-10H2,(H,20,21). The first-order valence-corrected chi connectivity index (χ1v) is 10.8. The maximum Gasteiger partial charge on any atom is 0.269 e. The maximum absolute atomic E-state index is 12.8. The van der Waals surface area contributed by atoms with Crippen molar-refractivity contribution in [3.8, 4) is 0 Å². The predicted molar refractivity (Wildman–Crippen MR) is 108 cm³/mol. The minimum Gasteiger partial charge on any atom is -0.345 e.